The van der Waals surface area contributed by atoms with Gasteiger partial charge in [0.15, 0.2) is 6.10 Å². The van der Waals surface area contributed by atoms with Gasteiger partial charge in [-0.3, -0.25) is 4.79 Å². The Kier molecular flexibility index (Phi) is 7.40. The molecule has 1 unspecified atom stereocenters. The van der Waals surface area contributed by atoms with E-state index in [0.717, 1.165) is 12.1 Å². The SMILES string of the molecule is COC(C(=O)NCCNC1CCCCCC1)c1ccccc1. The van der Waals surface area contributed by atoms with Crippen molar-refractivity contribution in [2.24, 2.45) is 0 Å². The molecule has 1 aromatic rings. The first kappa shape index (κ1) is 17.0. The summed E-state index contributed by atoms with van der Waals surface area (Å²) in [7, 11) is 1.57. The fourth-order valence-corrected chi connectivity index (χ4v) is 3.06. The van der Waals surface area contributed by atoms with E-state index in [1.165, 1.54) is 38.5 Å². The molecule has 0 bridgehead atoms. The summed E-state index contributed by atoms with van der Waals surface area (Å²) in [5, 5.41) is 6.52. The van der Waals surface area contributed by atoms with Crippen molar-refractivity contribution < 1.29 is 9.53 Å². The van der Waals surface area contributed by atoms with Crippen LogP contribution in [-0.2, 0) is 9.53 Å². The van der Waals surface area contributed by atoms with E-state index in [0.29, 0.717) is 12.6 Å². The van der Waals surface area contributed by atoms with Crippen LogP contribution in [0.4, 0.5) is 0 Å². The molecule has 2 rings (SSSR count). The van der Waals surface area contributed by atoms with Crippen molar-refractivity contribution >= 4 is 5.91 Å². The maximum Gasteiger partial charge on any atom is 0.253 e. The average Bonchev–Trinajstić information content (AvgIpc) is 2.82. The van der Waals surface area contributed by atoms with Crippen LogP contribution in [0.1, 0.15) is 50.2 Å². The van der Waals surface area contributed by atoms with Crippen molar-refractivity contribution in [1.82, 2.24) is 10.6 Å². The predicted molar refractivity (Wildman–Crippen MR) is 88.7 cm³/mol. The fourth-order valence-electron chi connectivity index (χ4n) is 3.06. The summed E-state index contributed by atoms with van der Waals surface area (Å²) in [6, 6.07) is 10.2. The zero-order valence-corrected chi connectivity index (χ0v) is 13.5. The number of nitrogens with one attached hydrogen (secondary N) is 2. The first-order chi connectivity index (χ1) is 10.8. The van der Waals surface area contributed by atoms with Gasteiger partial charge < -0.3 is 15.4 Å². The van der Waals surface area contributed by atoms with Crippen molar-refractivity contribution in [1.29, 1.82) is 0 Å². The summed E-state index contributed by atoms with van der Waals surface area (Å²) in [5.41, 5.74) is 0.888. The zero-order valence-electron chi connectivity index (χ0n) is 13.5. The largest absolute Gasteiger partial charge is 0.367 e. The highest BCUT2D eigenvalue weighted by Crippen LogP contribution is 2.17. The lowest BCUT2D eigenvalue weighted by molar-refractivity contribution is -0.131. The quantitative estimate of drug-likeness (QED) is 0.601. The monoisotopic (exact) mass is 304 g/mol. The molecule has 1 atom stereocenters. The van der Waals surface area contributed by atoms with Crippen LogP contribution in [-0.4, -0.2) is 32.1 Å². The van der Waals surface area contributed by atoms with Crippen LogP contribution >= 0.6 is 0 Å². The molecule has 1 aromatic carbocycles. The number of amides is 1. The number of carbonyl (C=O) groups is 1. The Morgan fingerprint density at radius 1 is 1.14 bits per heavy atom. The molecule has 1 fully saturated rings. The summed E-state index contributed by atoms with van der Waals surface area (Å²) in [6.07, 6.45) is 7.37. The smallest absolute Gasteiger partial charge is 0.253 e. The molecule has 2 N–H and O–H groups in total. The second kappa shape index (κ2) is 9.59. The highest BCUT2D eigenvalue weighted by atomic mass is 16.5. The fraction of sp³-hybridized carbons (Fsp3) is 0.611. The van der Waals surface area contributed by atoms with Crippen LogP contribution in [0.2, 0.25) is 0 Å². The normalized spacial score (nSPS) is 17.7. The molecule has 0 radical (unpaired) electrons. The number of rotatable bonds is 7. The van der Waals surface area contributed by atoms with Gasteiger partial charge in [-0.2, -0.15) is 0 Å². The number of benzene rings is 1. The third kappa shape index (κ3) is 5.43. The van der Waals surface area contributed by atoms with Gasteiger partial charge in [-0.05, 0) is 18.4 Å². The molecule has 4 nitrogen and oxygen atoms in total. The van der Waals surface area contributed by atoms with Crippen LogP contribution in [0, 0.1) is 0 Å². The van der Waals surface area contributed by atoms with Crippen LogP contribution < -0.4 is 10.6 Å². The van der Waals surface area contributed by atoms with E-state index in [1.807, 2.05) is 30.3 Å². The molecule has 0 saturated heterocycles. The Hall–Kier alpha value is -1.39. The third-order valence-corrected chi connectivity index (χ3v) is 4.29. The summed E-state index contributed by atoms with van der Waals surface area (Å²) < 4.78 is 5.33. The highest BCUT2D eigenvalue weighted by molar-refractivity contribution is 5.82. The number of hydrogen-bond acceptors (Lipinski definition) is 3. The van der Waals surface area contributed by atoms with Gasteiger partial charge in [-0.1, -0.05) is 56.0 Å². The van der Waals surface area contributed by atoms with E-state index in [4.69, 9.17) is 4.74 Å². The topological polar surface area (TPSA) is 50.4 Å². The molecule has 4 heteroatoms. The standard InChI is InChI=1S/C18H28N2O2/c1-22-17(15-9-5-4-6-10-15)18(21)20-14-13-19-16-11-7-2-3-8-12-16/h4-6,9-10,16-17,19H,2-3,7-8,11-14H2,1H3,(H,20,21). The molecule has 22 heavy (non-hydrogen) atoms. The lowest BCUT2D eigenvalue weighted by Gasteiger charge is -2.18. The Balaban J connectivity index is 1.70. The minimum Gasteiger partial charge on any atom is -0.367 e. The number of methoxy groups -OCH3 is 1. The Morgan fingerprint density at radius 3 is 2.45 bits per heavy atom. The van der Waals surface area contributed by atoms with Crippen LogP contribution in [0.15, 0.2) is 30.3 Å². The average molecular weight is 304 g/mol. The Morgan fingerprint density at radius 2 is 1.82 bits per heavy atom. The lowest BCUT2D eigenvalue weighted by atomic mass is 10.1. The molecule has 0 aromatic heterocycles. The molecule has 0 spiro atoms. The minimum atomic E-state index is -0.529. The maximum absolute atomic E-state index is 12.2. The molecular formula is C18H28N2O2. The first-order valence-corrected chi connectivity index (χ1v) is 8.40. The summed E-state index contributed by atoms with van der Waals surface area (Å²) >= 11 is 0. The van der Waals surface area contributed by atoms with Gasteiger partial charge in [0.1, 0.15) is 0 Å². The molecule has 0 heterocycles. The summed E-state index contributed by atoms with van der Waals surface area (Å²) in [6.45, 7) is 1.46. The first-order valence-electron chi connectivity index (χ1n) is 8.40. The highest BCUT2D eigenvalue weighted by Gasteiger charge is 2.19. The Bertz CT molecular complexity index is 428. The Labute approximate surface area is 133 Å². The second-order valence-electron chi connectivity index (χ2n) is 5.96. The molecule has 1 aliphatic rings. The maximum atomic E-state index is 12.2. The van der Waals surface area contributed by atoms with E-state index in [1.54, 1.807) is 7.11 Å². The molecule has 1 aliphatic carbocycles. The third-order valence-electron chi connectivity index (χ3n) is 4.29. The molecular weight excluding hydrogens is 276 g/mol. The van der Waals surface area contributed by atoms with Crippen molar-refractivity contribution in [2.45, 2.75) is 50.7 Å². The van der Waals surface area contributed by atoms with Crippen LogP contribution in [0.5, 0.6) is 0 Å². The van der Waals surface area contributed by atoms with Crippen LogP contribution in [0.3, 0.4) is 0 Å². The van der Waals surface area contributed by atoms with Gasteiger partial charge in [0.05, 0.1) is 0 Å². The van der Waals surface area contributed by atoms with Gasteiger partial charge in [0.25, 0.3) is 5.91 Å². The van der Waals surface area contributed by atoms with Crippen molar-refractivity contribution in [3.63, 3.8) is 0 Å². The van der Waals surface area contributed by atoms with Gasteiger partial charge >= 0.3 is 0 Å². The van der Waals surface area contributed by atoms with E-state index in [2.05, 4.69) is 10.6 Å². The molecule has 122 valence electrons. The number of hydrogen-bond donors (Lipinski definition) is 2. The number of ether oxygens (including phenoxy) is 1. The van der Waals surface area contributed by atoms with Crippen molar-refractivity contribution in [3.05, 3.63) is 35.9 Å². The van der Waals surface area contributed by atoms with Gasteiger partial charge in [0.2, 0.25) is 0 Å². The van der Waals surface area contributed by atoms with Gasteiger partial charge in [0, 0.05) is 26.2 Å². The van der Waals surface area contributed by atoms with E-state index >= 15 is 0 Å². The van der Waals surface area contributed by atoms with Crippen LogP contribution in [0.25, 0.3) is 0 Å². The summed E-state index contributed by atoms with van der Waals surface area (Å²) in [5.74, 6) is -0.0728. The minimum absolute atomic E-state index is 0.0728. The predicted octanol–water partition coefficient (Wildman–Crippen LogP) is 2.80. The van der Waals surface area contributed by atoms with Gasteiger partial charge in [-0.25, -0.2) is 0 Å². The lowest BCUT2D eigenvalue weighted by Crippen LogP contribution is -2.38. The van der Waals surface area contributed by atoms with E-state index in [-0.39, 0.29) is 5.91 Å². The molecule has 0 aliphatic heterocycles. The zero-order chi connectivity index (χ0) is 15.6. The van der Waals surface area contributed by atoms with Gasteiger partial charge in [-0.15, -0.1) is 0 Å². The van der Waals surface area contributed by atoms with Crippen molar-refractivity contribution in [2.75, 3.05) is 20.2 Å². The summed E-state index contributed by atoms with van der Waals surface area (Å²) in [4.78, 5) is 12.2. The molecule has 1 amide bonds. The van der Waals surface area contributed by atoms with E-state index in [9.17, 15) is 4.79 Å². The number of carbonyl (C=O) groups excluding carboxylic acids is 1. The van der Waals surface area contributed by atoms with Crippen molar-refractivity contribution in [3.8, 4) is 0 Å². The molecule has 1 saturated carbocycles. The second-order valence-corrected chi connectivity index (χ2v) is 5.96. The van der Waals surface area contributed by atoms with E-state index < -0.39 is 6.10 Å².